The smallest absolute Gasteiger partial charge is 0.266 e. The first kappa shape index (κ1) is 24.1. The topological polar surface area (TPSA) is 84.4 Å². The Labute approximate surface area is 214 Å². The summed E-state index contributed by atoms with van der Waals surface area (Å²) >= 11 is 1.41. The van der Waals surface area contributed by atoms with Gasteiger partial charge in [-0.3, -0.25) is 14.6 Å². The second-order valence-electron chi connectivity index (χ2n) is 8.90. The molecule has 2 atom stereocenters. The van der Waals surface area contributed by atoms with Gasteiger partial charge < -0.3 is 15.0 Å². The molecule has 8 heteroatoms. The van der Waals surface area contributed by atoms with Crippen molar-refractivity contribution >= 4 is 34.1 Å². The number of aryl methyl sites for hydroxylation is 1. The number of nitrogens with one attached hydrogen (secondary N) is 1. The summed E-state index contributed by atoms with van der Waals surface area (Å²) in [5.41, 5.74) is 2.82. The van der Waals surface area contributed by atoms with Gasteiger partial charge in [-0.1, -0.05) is 48.5 Å². The van der Waals surface area contributed by atoms with Gasteiger partial charge in [-0.05, 0) is 31.9 Å². The van der Waals surface area contributed by atoms with Crippen LogP contribution in [0, 0.1) is 6.92 Å². The summed E-state index contributed by atoms with van der Waals surface area (Å²) in [6.07, 6.45) is 3.12. The lowest BCUT2D eigenvalue weighted by molar-refractivity contribution is 0.0123. The van der Waals surface area contributed by atoms with Crippen LogP contribution < -0.4 is 5.32 Å². The fourth-order valence-corrected chi connectivity index (χ4v) is 5.67. The maximum absolute atomic E-state index is 13.8. The molecule has 0 radical (unpaired) electrons. The number of benzene rings is 2. The fraction of sp³-hybridized carbons (Fsp3) is 0.286. The lowest BCUT2D eigenvalue weighted by atomic mass is 9.98. The van der Waals surface area contributed by atoms with E-state index in [-0.39, 0.29) is 24.0 Å². The molecule has 36 heavy (non-hydrogen) atoms. The van der Waals surface area contributed by atoms with Gasteiger partial charge in [-0.2, -0.15) is 0 Å². The van der Waals surface area contributed by atoms with Crippen LogP contribution in [0.1, 0.15) is 37.9 Å². The lowest BCUT2D eigenvalue weighted by Gasteiger charge is -2.39. The highest BCUT2D eigenvalue weighted by Crippen LogP contribution is 2.31. The molecule has 1 aliphatic rings. The van der Waals surface area contributed by atoms with Crippen molar-refractivity contribution in [1.29, 1.82) is 0 Å². The van der Waals surface area contributed by atoms with Gasteiger partial charge in [0.15, 0.2) is 0 Å². The second kappa shape index (κ2) is 10.6. The average Bonchev–Trinajstić information content (AvgIpc) is 3.33. The maximum atomic E-state index is 13.8. The molecular weight excluding hydrogens is 472 g/mol. The number of nitrogens with zero attached hydrogens (tertiary/aromatic N) is 3. The Bertz CT molecular complexity index is 1380. The third-order valence-corrected chi connectivity index (χ3v) is 7.57. The number of hydrogen-bond donors (Lipinski definition) is 1. The van der Waals surface area contributed by atoms with E-state index in [4.69, 9.17) is 4.74 Å². The van der Waals surface area contributed by atoms with Crippen LogP contribution in [0.5, 0.6) is 0 Å². The molecule has 0 aliphatic carbocycles. The number of likely N-dealkylation sites (tertiary alicyclic amines) is 1. The van der Waals surface area contributed by atoms with Crippen LogP contribution in [-0.2, 0) is 4.74 Å². The van der Waals surface area contributed by atoms with E-state index < -0.39 is 0 Å². The van der Waals surface area contributed by atoms with E-state index in [1.165, 1.54) is 11.3 Å². The Hall–Kier alpha value is -3.62. The summed E-state index contributed by atoms with van der Waals surface area (Å²) in [5.74, 6) is -0.259. The molecule has 5 rings (SSSR count). The number of aromatic nitrogens is 2. The summed E-state index contributed by atoms with van der Waals surface area (Å²) in [6.45, 7) is 2.80. The Morgan fingerprint density at radius 1 is 1.11 bits per heavy atom. The van der Waals surface area contributed by atoms with Crippen LogP contribution in [0.4, 0.5) is 0 Å². The maximum Gasteiger partial charge on any atom is 0.266 e. The van der Waals surface area contributed by atoms with E-state index in [0.717, 1.165) is 22.4 Å². The zero-order valence-electron chi connectivity index (χ0n) is 20.3. The van der Waals surface area contributed by atoms with Crippen LogP contribution in [0.15, 0.2) is 66.9 Å². The third-order valence-electron chi connectivity index (χ3n) is 6.61. The van der Waals surface area contributed by atoms with Gasteiger partial charge in [0.25, 0.3) is 11.8 Å². The number of para-hydroxylation sites is 1. The predicted molar refractivity (Wildman–Crippen MR) is 141 cm³/mol. The van der Waals surface area contributed by atoms with Crippen LogP contribution in [0.2, 0.25) is 0 Å². The minimum absolute atomic E-state index is 0.0342. The normalized spacial score (nSPS) is 17.8. The SMILES string of the molecule is CO[C@@H]1CCN(C(=O)c2sc(C)nc2-c2ccccc2)[C@H](CNC(=O)c2cccc3cccnc23)C1. The summed E-state index contributed by atoms with van der Waals surface area (Å²) in [4.78, 5) is 38.5. The number of carbonyl (C=O) groups is 2. The molecule has 0 unspecified atom stereocenters. The number of thiazole rings is 1. The van der Waals surface area contributed by atoms with Gasteiger partial charge in [0, 0.05) is 37.3 Å². The number of fused-ring (bicyclic) bond motifs is 1. The van der Waals surface area contributed by atoms with Crippen molar-refractivity contribution in [1.82, 2.24) is 20.2 Å². The molecule has 184 valence electrons. The highest BCUT2D eigenvalue weighted by molar-refractivity contribution is 7.14. The number of piperidine rings is 1. The highest BCUT2D eigenvalue weighted by Gasteiger charge is 2.34. The molecule has 2 amide bonds. The van der Waals surface area contributed by atoms with Crippen LogP contribution in [0.25, 0.3) is 22.2 Å². The van der Waals surface area contributed by atoms with Crippen molar-refractivity contribution in [2.45, 2.75) is 31.9 Å². The van der Waals surface area contributed by atoms with E-state index in [0.29, 0.717) is 41.2 Å². The van der Waals surface area contributed by atoms with Crippen molar-refractivity contribution in [3.8, 4) is 11.3 Å². The summed E-state index contributed by atoms with van der Waals surface area (Å²) in [5, 5.41) is 4.81. The van der Waals surface area contributed by atoms with E-state index in [1.54, 1.807) is 19.4 Å². The van der Waals surface area contributed by atoms with Gasteiger partial charge in [-0.25, -0.2) is 4.98 Å². The molecule has 2 aromatic heterocycles. The van der Waals surface area contributed by atoms with Gasteiger partial charge >= 0.3 is 0 Å². The second-order valence-corrected chi connectivity index (χ2v) is 10.1. The van der Waals surface area contributed by atoms with Crippen LogP contribution in [-0.4, -0.2) is 59.0 Å². The molecule has 1 saturated heterocycles. The molecule has 0 saturated carbocycles. The number of pyridine rings is 1. The molecule has 7 nitrogen and oxygen atoms in total. The Kier molecular flexibility index (Phi) is 7.06. The van der Waals surface area contributed by atoms with Crippen LogP contribution >= 0.6 is 11.3 Å². The van der Waals surface area contributed by atoms with E-state index in [1.807, 2.05) is 66.4 Å². The number of carbonyl (C=O) groups excluding carboxylic acids is 2. The van der Waals surface area contributed by atoms with Crippen molar-refractivity contribution < 1.29 is 14.3 Å². The van der Waals surface area contributed by atoms with Gasteiger partial charge in [0.1, 0.15) is 4.88 Å². The molecule has 0 spiro atoms. The minimum atomic E-state index is -0.204. The molecule has 3 heterocycles. The summed E-state index contributed by atoms with van der Waals surface area (Å²) in [7, 11) is 1.69. The zero-order valence-corrected chi connectivity index (χ0v) is 21.1. The third kappa shape index (κ3) is 4.87. The minimum Gasteiger partial charge on any atom is -0.381 e. The molecule has 1 N–H and O–H groups in total. The standard InChI is InChI=1S/C28H28N4O3S/c1-18-31-25(20-8-4-3-5-9-20)26(36-18)28(34)32-15-13-22(35-2)16-21(32)17-30-27(33)23-12-6-10-19-11-7-14-29-24(19)23/h3-12,14,21-22H,13,15-17H2,1-2H3,(H,30,33)/t21-,22+/m0/s1. The van der Waals surface area contributed by atoms with Gasteiger partial charge in [0.05, 0.1) is 33.9 Å². The van der Waals surface area contributed by atoms with Crippen molar-refractivity contribution in [2.75, 3.05) is 20.2 Å². The van der Waals surface area contributed by atoms with Crippen molar-refractivity contribution in [3.63, 3.8) is 0 Å². The molecule has 2 aromatic carbocycles. The number of hydrogen-bond acceptors (Lipinski definition) is 6. The van der Waals surface area contributed by atoms with E-state index in [2.05, 4.69) is 15.3 Å². The molecular formula is C28H28N4O3S. The lowest BCUT2D eigenvalue weighted by Crippen LogP contribution is -2.52. The summed E-state index contributed by atoms with van der Waals surface area (Å²) in [6, 6.07) is 18.9. The van der Waals surface area contributed by atoms with Gasteiger partial charge in [0.2, 0.25) is 0 Å². The van der Waals surface area contributed by atoms with Crippen molar-refractivity contribution in [2.24, 2.45) is 0 Å². The Morgan fingerprint density at radius 2 is 1.92 bits per heavy atom. The molecule has 4 aromatic rings. The first-order valence-electron chi connectivity index (χ1n) is 12.0. The number of ether oxygens (including phenoxy) is 1. The van der Waals surface area contributed by atoms with Gasteiger partial charge in [-0.15, -0.1) is 11.3 Å². The highest BCUT2D eigenvalue weighted by atomic mass is 32.1. The number of rotatable bonds is 6. The van der Waals surface area contributed by atoms with E-state index >= 15 is 0 Å². The average molecular weight is 501 g/mol. The monoisotopic (exact) mass is 500 g/mol. The first-order valence-corrected chi connectivity index (χ1v) is 12.9. The molecule has 0 bridgehead atoms. The Morgan fingerprint density at radius 3 is 2.72 bits per heavy atom. The number of methoxy groups -OCH3 is 1. The summed E-state index contributed by atoms with van der Waals surface area (Å²) < 4.78 is 5.63. The van der Waals surface area contributed by atoms with E-state index in [9.17, 15) is 9.59 Å². The molecule has 1 aliphatic heterocycles. The van der Waals surface area contributed by atoms with Crippen molar-refractivity contribution in [3.05, 3.63) is 82.3 Å². The fourth-order valence-electron chi connectivity index (χ4n) is 4.78. The van der Waals surface area contributed by atoms with Crippen LogP contribution in [0.3, 0.4) is 0 Å². The first-order chi connectivity index (χ1) is 17.5. The number of amides is 2. The molecule has 1 fully saturated rings. The predicted octanol–water partition coefficient (Wildman–Crippen LogP) is 4.72. The zero-order chi connectivity index (χ0) is 25.1. The largest absolute Gasteiger partial charge is 0.381 e. The quantitative estimate of drug-likeness (QED) is 0.414. The Balaban J connectivity index is 1.38.